The van der Waals surface area contributed by atoms with Crippen LogP contribution in [-0.4, -0.2) is 38.8 Å². The third-order valence-electron chi connectivity index (χ3n) is 5.72. The third-order valence-corrected chi connectivity index (χ3v) is 8.88. The predicted octanol–water partition coefficient (Wildman–Crippen LogP) is 5.34. The Hall–Kier alpha value is -2.81. The van der Waals surface area contributed by atoms with Crippen molar-refractivity contribution in [3.63, 3.8) is 0 Å². The third kappa shape index (κ3) is 5.63. The highest BCUT2D eigenvalue weighted by Crippen LogP contribution is 2.37. The van der Waals surface area contributed by atoms with Crippen molar-refractivity contribution in [1.82, 2.24) is 4.31 Å². The highest BCUT2D eigenvalue weighted by atomic mass is 32.2. The molecule has 3 aromatic rings. The molecule has 1 N–H and O–H groups in total. The molecule has 0 radical (unpaired) electrons. The summed E-state index contributed by atoms with van der Waals surface area (Å²) < 4.78 is 33.3. The van der Waals surface area contributed by atoms with E-state index < -0.39 is 15.3 Å². The van der Waals surface area contributed by atoms with E-state index in [0.717, 1.165) is 29.7 Å². The number of carbonyl (C=O) groups excluding carboxylic acids is 1. The molecule has 0 aromatic heterocycles. The number of methoxy groups -OCH3 is 1. The van der Waals surface area contributed by atoms with Crippen LogP contribution < -0.4 is 10.1 Å². The molecule has 1 atom stereocenters. The molecule has 0 spiro atoms. The van der Waals surface area contributed by atoms with Crippen LogP contribution in [0.25, 0.3) is 0 Å². The summed E-state index contributed by atoms with van der Waals surface area (Å²) in [5.74, 6) is 0.147. The Bertz CT molecular complexity index is 1210. The van der Waals surface area contributed by atoms with Gasteiger partial charge in [-0.1, -0.05) is 55.0 Å². The van der Waals surface area contributed by atoms with Gasteiger partial charge in [-0.05, 0) is 48.7 Å². The number of thioether (sulfide) groups is 1. The first-order valence-corrected chi connectivity index (χ1v) is 13.6. The summed E-state index contributed by atoms with van der Waals surface area (Å²) >= 11 is 1.44. The number of anilines is 1. The molecule has 178 valence electrons. The van der Waals surface area contributed by atoms with Gasteiger partial charge in [-0.3, -0.25) is 4.79 Å². The minimum Gasteiger partial charge on any atom is -0.495 e. The SMILES string of the molecule is COc1ccc(S(=O)(=O)N2CCCCC2)cc1NC(=O)[C@@H](Sc1ccccc1)c1ccccc1. The van der Waals surface area contributed by atoms with Crippen LogP contribution in [0.5, 0.6) is 5.75 Å². The zero-order valence-corrected chi connectivity index (χ0v) is 20.6. The number of nitrogens with one attached hydrogen (secondary N) is 1. The van der Waals surface area contributed by atoms with Crippen molar-refractivity contribution < 1.29 is 17.9 Å². The minimum absolute atomic E-state index is 0.150. The van der Waals surface area contributed by atoms with Crippen LogP contribution >= 0.6 is 11.8 Å². The number of amides is 1. The maximum Gasteiger partial charge on any atom is 0.243 e. The first-order valence-electron chi connectivity index (χ1n) is 11.2. The Morgan fingerprint density at radius 1 is 0.941 bits per heavy atom. The largest absolute Gasteiger partial charge is 0.495 e. The van der Waals surface area contributed by atoms with Gasteiger partial charge in [-0.2, -0.15) is 4.31 Å². The van der Waals surface area contributed by atoms with Crippen molar-refractivity contribution >= 4 is 33.4 Å². The summed E-state index contributed by atoms with van der Waals surface area (Å²) in [6.07, 6.45) is 2.75. The molecular formula is C26H28N2O4S2. The average molecular weight is 497 g/mol. The van der Waals surface area contributed by atoms with E-state index in [2.05, 4.69) is 5.32 Å². The molecule has 0 aliphatic carbocycles. The van der Waals surface area contributed by atoms with Gasteiger partial charge in [0, 0.05) is 18.0 Å². The number of carbonyl (C=O) groups is 1. The number of sulfonamides is 1. The van der Waals surface area contributed by atoms with E-state index >= 15 is 0 Å². The Morgan fingerprint density at radius 3 is 2.24 bits per heavy atom. The number of nitrogens with zero attached hydrogens (tertiary/aromatic N) is 1. The molecule has 0 saturated carbocycles. The molecule has 1 amide bonds. The van der Waals surface area contributed by atoms with E-state index in [9.17, 15) is 13.2 Å². The van der Waals surface area contributed by atoms with Crippen molar-refractivity contribution in [2.75, 3.05) is 25.5 Å². The molecule has 1 aliphatic heterocycles. The summed E-state index contributed by atoms with van der Waals surface area (Å²) in [6.45, 7) is 1.03. The topological polar surface area (TPSA) is 75.7 Å². The van der Waals surface area contributed by atoms with Crippen molar-refractivity contribution in [1.29, 1.82) is 0 Å². The van der Waals surface area contributed by atoms with Crippen molar-refractivity contribution in [2.45, 2.75) is 34.3 Å². The van der Waals surface area contributed by atoms with Gasteiger partial charge < -0.3 is 10.1 Å². The molecule has 3 aromatic carbocycles. The molecule has 1 aliphatic rings. The quantitative estimate of drug-likeness (QED) is 0.426. The van der Waals surface area contributed by atoms with Crippen LogP contribution in [0, 0.1) is 0 Å². The second-order valence-corrected chi connectivity index (χ2v) is 11.2. The van der Waals surface area contributed by atoms with Crippen LogP contribution in [0.4, 0.5) is 5.69 Å². The highest BCUT2D eigenvalue weighted by molar-refractivity contribution is 8.00. The zero-order valence-electron chi connectivity index (χ0n) is 19.0. The van der Waals surface area contributed by atoms with Gasteiger partial charge in [-0.25, -0.2) is 8.42 Å². The summed E-state index contributed by atoms with van der Waals surface area (Å²) in [5.41, 5.74) is 1.19. The molecular weight excluding hydrogens is 468 g/mol. The molecule has 1 saturated heterocycles. The Morgan fingerprint density at radius 2 is 1.59 bits per heavy atom. The van der Waals surface area contributed by atoms with Gasteiger partial charge in [0.25, 0.3) is 0 Å². The summed E-state index contributed by atoms with van der Waals surface area (Å²) in [5, 5.41) is 2.40. The average Bonchev–Trinajstić information content (AvgIpc) is 2.88. The van der Waals surface area contributed by atoms with Crippen LogP contribution in [0.1, 0.15) is 30.1 Å². The lowest BCUT2D eigenvalue weighted by atomic mass is 10.1. The van der Waals surface area contributed by atoms with E-state index in [1.54, 1.807) is 6.07 Å². The number of hydrogen-bond donors (Lipinski definition) is 1. The molecule has 1 fully saturated rings. The number of rotatable bonds is 8. The standard InChI is InChI=1S/C26H28N2O4S2/c1-32-24-16-15-22(34(30,31)28-17-9-4-10-18-28)19-23(24)27-26(29)25(20-11-5-2-6-12-20)33-21-13-7-3-8-14-21/h2-3,5-8,11-16,19,25H,4,9-10,17-18H2,1H3,(H,27,29)/t25-/m0/s1. The first kappa shape index (κ1) is 24.3. The van der Waals surface area contributed by atoms with E-state index in [1.165, 1.54) is 35.3 Å². The van der Waals surface area contributed by atoms with Crippen LogP contribution in [-0.2, 0) is 14.8 Å². The molecule has 4 rings (SSSR count). The first-order chi connectivity index (χ1) is 16.5. The zero-order chi connectivity index (χ0) is 24.0. The molecule has 8 heteroatoms. The summed E-state index contributed by atoms with van der Waals surface area (Å²) in [4.78, 5) is 14.6. The van der Waals surface area contributed by atoms with E-state index in [1.807, 2.05) is 60.7 Å². The van der Waals surface area contributed by atoms with E-state index in [-0.39, 0.29) is 10.8 Å². The number of ether oxygens (including phenoxy) is 1. The van der Waals surface area contributed by atoms with Gasteiger partial charge in [0.1, 0.15) is 11.0 Å². The molecule has 34 heavy (non-hydrogen) atoms. The minimum atomic E-state index is -3.64. The lowest BCUT2D eigenvalue weighted by Crippen LogP contribution is -2.35. The predicted molar refractivity (Wildman–Crippen MR) is 136 cm³/mol. The normalized spacial score (nSPS) is 15.4. The maximum absolute atomic E-state index is 13.5. The Labute approximate surface area is 205 Å². The van der Waals surface area contributed by atoms with Gasteiger partial charge in [0.05, 0.1) is 17.7 Å². The Kier molecular flexibility index (Phi) is 7.92. The van der Waals surface area contributed by atoms with Crippen LogP contribution in [0.3, 0.4) is 0 Å². The number of piperidine rings is 1. The van der Waals surface area contributed by atoms with Crippen molar-refractivity contribution in [3.05, 3.63) is 84.4 Å². The van der Waals surface area contributed by atoms with Crippen molar-refractivity contribution in [2.24, 2.45) is 0 Å². The van der Waals surface area contributed by atoms with E-state index in [0.29, 0.717) is 24.5 Å². The number of hydrogen-bond acceptors (Lipinski definition) is 5. The van der Waals surface area contributed by atoms with Crippen LogP contribution in [0.2, 0.25) is 0 Å². The fourth-order valence-electron chi connectivity index (χ4n) is 3.93. The molecule has 6 nitrogen and oxygen atoms in total. The maximum atomic E-state index is 13.5. The smallest absolute Gasteiger partial charge is 0.243 e. The molecule has 0 unspecified atom stereocenters. The lowest BCUT2D eigenvalue weighted by molar-refractivity contribution is -0.115. The summed E-state index contributed by atoms with van der Waals surface area (Å²) in [6, 6.07) is 23.9. The summed E-state index contributed by atoms with van der Waals surface area (Å²) in [7, 11) is -2.15. The monoisotopic (exact) mass is 496 g/mol. The lowest BCUT2D eigenvalue weighted by Gasteiger charge is -2.26. The van der Waals surface area contributed by atoms with E-state index in [4.69, 9.17) is 4.74 Å². The van der Waals surface area contributed by atoms with Crippen molar-refractivity contribution in [3.8, 4) is 5.75 Å². The van der Waals surface area contributed by atoms with Crippen LogP contribution in [0.15, 0.2) is 88.7 Å². The second kappa shape index (κ2) is 11.1. The highest BCUT2D eigenvalue weighted by Gasteiger charge is 2.28. The molecule has 1 heterocycles. The number of benzene rings is 3. The van der Waals surface area contributed by atoms with Gasteiger partial charge in [0.2, 0.25) is 15.9 Å². The molecule has 0 bridgehead atoms. The van der Waals surface area contributed by atoms with Gasteiger partial charge in [0.15, 0.2) is 0 Å². The fraction of sp³-hybridized carbons (Fsp3) is 0.269. The Balaban J connectivity index is 1.63. The van der Waals surface area contributed by atoms with Gasteiger partial charge in [-0.15, -0.1) is 11.8 Å². The fourth-order valence-corrected chi connectivity index (χ4v) is 6.52. The van der Waals surface area contributed by atoms with Gasteiger partial charge >= 0.3 is 0 Å². The second-order valence-electron chi connectivity index (χ2n) is 8.04.